The summed E-state index contributed by atoms with van der Waals surface area (Å²) in [5.41, 5.74) is 0. The molecule has 26 heavy (non-hydrogen) atoms. The Kier molecular flexibility index (Phi) is 5.78. The molecule has 1 fully saturated rings. The number of carbonyl (C=O) groups is 2. The molecule has 7 heteroatoms. The van der Waals surface area contributed by atoms with Gasteiger partial charge in [0.1, 0.15) is 30.5 Å². The first-order chi connectivity index (χ1) is 12.6. The number of esters is 1. The van der Waals surface area contributed by atoms with Crippen LogP contribution in [-0.4, -0.2) is 44.8 Å². The van der Waals surface area contributed by atoms with E-state index in [1.165, 1.54) is 13.4 Å². The topological polar surface area (TPSA) is 80.3 Å². The Balaban J connectivity index is 1.59. The van der Waals surface area contributed by atoms with Crippen molar-refractivity contribution in [2.24, 2.45) is 5.92 Å². The van der Waals surface area contributed by atoms with Gasteiger partial charge >= 0.3 is 5.97 Å². The van der Waals surface area contributed by atoms with Crippen molar-refractivity contribution in [1.29, 1.82) is 0 Å². The van der Waals surface area contributed by atoms with Crippen molar-refractivity contribution in [3.63, 3.8) is 0 Å². The SMILES string of the molecule is COC(=O)COC1CCC2C(=O)C(Oc3ccc(OC)cc3)=COC2C1. The quantitative estimate of drug-likeness (QED) is 0.718. The maximum atomic E-state index is 12.7. The Labute approximate surface area is 151 Å². The van der Waals surface area contributed by atoms with Gasteiger partial charge in [-0.1, -0.05) is 0 Å². The van der Waals surface area contributed by atoms with Crippen LogP contribution in [0.25, 0.3) is 0 Å². The van der Waals surface area contributed by atoms with Gasteiger partial charge in [-0.2, -0.15) is 0 Å². The van der Waals surface area contributed by atoms with Gasteiger partial charge in [0.05, 0.1) is 26.2 Å². The average Bonchev–Trinajstić information content (AvgIpc) is 2.68. The van der Waals surface area contributed by atoms with Crippen LogP contribution in [0.2, 0.25) is 0 Å². The Bertz CT molecular complexity index is 680. The van der Waals surface area contributed by atoms with Crippen molar-refractivity contribution in [2.45, 2.75) is 31.5 Å². The number of fused-ring (bicyclic) bond motifs is 1. The molecule has 1 aliphatic carbocycles. The molecule has 1 saturated carbocycles. The third-order valence-electron chi connectivity index (χ3n) is 4.62. The predicted molar refractivity (Wildman–Crippen MR) is 90.7 cm³/mol. The van der Waals surface area contributed by atoms with Crippen LogP contribution in [0.4, 0.5) is 0 Å². The van der Waals surface area contributed by atoms with Gasteiger partial charge in [0.15, 0.2) is 0 Å². The molecule has 140 valence electrons. The summed E-state index contributed by atoms with van der Waals surface area (Å²) in [6, 6.07) is 6.99. The highest BCUT2D eigenvalue weighted by atomic mass is 16.6. The number of rotatable bonds is 6. The lowest BCUT2D eigenvalue weighted by Gasteiger charge is -2.36. The van der Waals surface area contributed by atoms with Crippen molar-refractivity contribution >= 4 is 11.8 Å². The van der Waals surface area contributed by atoms with E-state index < -0.39 is 5.97 Å². The van der Waals surface area contributed by atoms with Gasteiger partial charge in [-0.15, -0.1) is 0 Å². The van der Waals surface area contributed by atoms with Crippen LogP contribution < -0.4 is 9.47 Å². The van der Waals surface area contributed by atoms with Crippen LogP contribution in [0.3, 0.4) is 0 Å². The van der Waals surface area contributed by atoms with Gasteiger partial charge in [-0.25, -0.2) is 4.79 Å². The molecule has 0 N–H and O–H groups in total. The predicted octanol–water partition coefficient (Wildman–Crippen LogP) is 2.24. The van der Waals surface area contributed by atoms with Crippen LogP contribution in [-0.2, 0) is 23.8 Å². The van der Waals surface area contributed by atoms with E-state index in [0.29, 0.717) is 30.8 Å². The second-order valence-corrected chi connectivity index (χ2v) is 6.23. The molecular formula is C19H22O7. The standard InChI is InChI=1S/C19H22O7/c1-22-12-3-5-13(6-4-12)26-17-10-25-16-9-14(24-11-18(20)23-2)7-8-15(16)19(17)21/h3-6,10,14-16H,7-9,11H2,1-2H3. The van der Waals surface area contributed by atoms with E-state index in [1.54, 1.807) is 31.4 Å². The van der Waals surface area contributed by atoms with Crippen LogP contribution >= 0.6 is 0 Å². The fourth-order valence-corrected chi connectivity index (χ4v) is 3.17. The van der Waals surface area contributed by atoms with Crippen LogP contribution in [0.5, 0.6) is 11.5 Å². The summed E-state index contributed by atoms with van der Waals surface area (Å²) in [5.74, 6) is 0.716. The van der Waals surface area contributed by atoms with Gasteiger partial charge in [-0.05, 0) is 37.1 Å². The van der Waals surface area contributed by atoms with Crippen LogP contribution in [0.15, 0.2) is 36.3 Å². The molecule has 1 aromatic rings. The molecular weight excluding hydrogens is 340 g/mol. The van der Waals surface area contributed by atoms with E-state index in [2.05, 4.69) is 4.74 Å². The largest absolute Gasteiger partial charge is 0.497 e. The van der Waals surface area contributed by atoms with Gasteiger partial charge in [0.2, 0.25) is 11.5 Å². The Morgan fingerprint density at radius 2 is 1.88 bits per heavy atom. The summed E-state index contributed by atoms with van der Waals surface area (Å²) in [5, 5.41) is 0. The second kappa shape index (κ2) is 8.23. The minimum atomic E-state index is -0.414. The molecule has 0 radical (unpaired) electrons. The highest BCUT2D eigenvalue weighted by molar-refractivity contribution is 5.96. The Morgan fingerprint density at radius 3 is 2.58 bits per heavy atom. The lowest BCUT2D eigenvalue weighted by molar-refractivity contribution is -0.152. The highest BCUT2D eigenvalue weighted by Gasteiger charge is 2.41. The smallest absolute Gasteiger partial charge is 0.331 e. The van der Waals surface area contributed by atoms with Gasteiger partial charge in [0.25, 0.3) is 0 Å². The lowest BCUT2D eigenvalue weighted by Crippen LogP contribution is -2.42. The van der Waals surface area contributed by atoms with E-state index >= 15 is 0 Å². The van der Waals surface area contributed by atoms with Crippen molar-refractivity contribution < 1.29 is 33.3 Å². The number of Topliss-reactive ketones (excluding diaryl/α,β-unsaturated/α-hetero) is 1. The molecule has 7 nitrogen and oxygen atoms in total. The minimum Gasteiger partial charge on any atom is -0.497 e. The van der Waals surface area contributed by atoms with E-state index in [9.17, 15) is 9.59 Å². The van der Waals surface area contributed by atoms with E-state index in [4.69, 9.17) is 18.9 Å². The molecule has 3 rings (SSSR count). The van der Waals surface area contributed by atoms with Gasteiger partial charge in [0, 0.05) is 6.42 Å². The summed E-state index contributed by atoms with van der Waals surface area (Å²) in [7, 11) is 2.91. The molecule has 0 spiro atoms. The Hall–Kier alpha value is -2.54. The molecule has 2 aliphatic rings. The monoisotopic (exact) mass is 362 g/mol. The molecule has 0 amide bonds. The van der Waals surface area contributed by atoms with E-state index in [1.807, 2.05) is 0 Å². The number of allylic oxidation sites excluding steroid dienone is 1. The molecule has 0 bridgehead atoms. The number of methoxy groups -OCH3 is 2. The fraction of sp³-hybridized carbons (Fsp3) is 0.474. The summed E-state index contributed by atoms with van der Waals surface area (Å²) >= 11 is 0. The number of hydrogen-bond acceptors (Lipinski definition) is 7. The first kappa shape index (κ1) is 18.3. The average molecular weight is 362 g/mol. The van der Waals surface area contributed by atoms with Crippen molar-refractivity contribution in [3.8, 4) is 11.5 Å². The van der Waals surface area contributed by atoms with Gasteiger partial charge < -0.3 is 23.7 Å². The normalized spacial score (nSPS) is 24.8. The molecule has 0 aromatic heterocycles. The zero-order valence-corrected chi connectivity index (χ0v) is 14.8. The third kappa shape index (κ3) is 4.16. The number of ether oxygens (including phenoxy) is 5. The fourth-order valence-electron chi connectivity index (χ4n) is 3.17. The van der Waals surface area contributed by atoms with Crippen molar-refractivity contribution in [1.82, 2.24) is 0 Å². The minimum absolute atomic E-state index is 0.0662. The highest BCUT2D eigenvalue weighted by Crippen LogP contribution is 2.35. The second-order valence-electron chi connectivity index (χ2n) is 6.23. The number of carbonyl (C=O) groups excluding carboxylic acids is 2. The lowest BCUT2D eigenvalue weighted by atomic mass is 9.80. The maximum Gasteiger partial charge on any atom is 0.331 e. The molecule has 1 aromatic carbocycles. The summed E-state index contributed by atoms with van der Waals surface area (Å²) < 4.78 is 26.6. The Morgan fingerprint density at radius 1 is 1.15 bits per heavy atom. The maximum absolute atomic E-state index is 12.7. The molecule has 3 atom stereocenters. The third-order valence-corrected chi connectivity index (χ3v) is 4.62. The number of hydrogen-bond donors (Lipinski definition) is 0. The zero-order valence-electron chi connectivity index (χ0n) is 14.8. The number of ketones is 1. The van der Waals surface area contributed by atoms with Crippen molar-refractivity contribution in [2.75, 3.05) is 20.8 Å². The van der Waals surface area contributed by atoms with Crippen LogP contribution in [0, 0.1) is 5.92 Å². The van der Waals surface area contributed by atoms with E-state index in [0.717, 1.165) is 0 Å². The zero-order chi connectivity index (χ0) is 18.5. The van der Waals surface area contributed by atoms with Crippen LogP contribution in [0.1, 0.15) is 19.3 Å². The first-order valence-electron chi connectivity index (χ1n) is 8.51. The number of benzene rings is 1. The van der Waals surface area contributed by atoms with Crippen molar-refractivity contribution in [3.05, 3.63) is 36.3 Å². The molecule has 1 aliphatic heterocycles. The first-order valence-corrected chi connectivity index (χ1v) is 8.51. The summed E-state index contributed by atoms with van der Waals surface area (Å²) in [6.07, 6.45) is 2.85. The summed E-state index contributed by atoms with van der Waals surface area (Å²) in [4.78, 5) is 23.9. The summed E-state index contributed by atoms with van der Waals surface area (Å²) in [6.45, 7) is -0.0891. The molecule has 3 unspecified atom stereocenters. The van der Waals surface area contributed by atoms with Gasteiger partial charge in [-0.3, -0.25) is 4.79 Å². The van der Waals surface area contributed by atoms with E-state index in [-0.39, 0.29) is 36.3 Å². The molecule has 1 heterocycles. The molecule has 0 saturated heterocycles.